The van der Waals surface area contributed by atoms with Crippen molar-refractivity contribution >= 4 is 11.8 Å². The number of aliphatic hydroxyl groups is 1. The van der Waals surface area contributed by atoms with Gasteiger partial charge < -0.3 is 5.11 Å². The molecule has 0 fully saturated rings. The first-order valence-electron chi connectivity index (χ1n) is 10.2. The molecule has 0 aromatic heterocycles. The largest absolute Gasteiger partial charge is 0.396 e. The van der Waals surface area contributed by atoms with Gasteiger partial charge in [0.1, 0.15) is 0 Å². The summed E-state index contributed by atoms with van der Waals surface area (Å²) in [5.74, 6) is 4.01. The van der Waals surface area contributed by atoms with Gasteiger partial charge in [-0.25, -0.2) is 0 Å². The standard InChI is InChI=1S/C24H38OS/c1-4-22(20-21(3)16-18-26-19-17-25)12-8-6-9-13-23(5-2)24-14-10-7-11-15-24/h4,6-7,9-11,14-15,21-23,25H,1,5,8,12-13,16-20H2,2-3H3/b9-6+. The summed E-state index contributed by atoms with van der Waals surface area (Å²) < 4.78 is 0. The van der Waals surface area contributed by atoms with Crippen LogP contribution in [0.25, 0.3) is 0 Å². The number of allylic oxidation sites excluding steroid dienone is 3. The van der Waals surface area contributed by atoms with Crippen LogP contribution in [0.5, 0.6) is 0 Å². The molecule has 3 unspecified atom stereocenters. The molecule has 0 aliphatic rings. The Bertz CT molecular complexity index is 482. The second kappa shape index (κ2) is 15.1. The molecule has 0 saturated heterocycles. The van der Waals surface area contributed by atoms with Gasteiger partial charge in [0.05, 0.1) is 6.61 Å². The van der Waals surface area contributed by atoms with Crippen LogP contribution in [0.2, 0.25) is 0 Å². The summed E-state index contributed by atoms with van der Waals surface area (Å²) in [6.07, 6.45) is 14.0. The van der Waals surface area contributed by atoms with Crippen LogP contribution in [0.3, 0.4) is 0 Å². The first-order valence-corrected chi connectivity index (χ1v) is 11.4. The molecule has 1 aromatic rings. The Labute approximate surface area is 166 Å². The van der Waals surface area contributed by atoms with Gasteiger partial charge >= 0.3 is 0 Å². The van der Waals surface area contributed by atoms with Crippen molar-refractivity contribution in [2.45, 2.75) is 58.3 Å². The van der Waals surface area contributed by atoms with Crippen molar-refractivity contribution in [3.05, 3.63) is 60.7 Å². The SMILES string of the molecule is C=CC(CC/C=C/CC(CC)c1ccccc1)CC(C)CCSCCO. The molecule has 0 bridgehead atoms. The third kappa shape index (κ3) is 10.2. The first-order chi connectivity index (χ1) is 12.7. The molecule has 1 N–H and O–H groups in total. The van der Waals surface area contributed by atoms with Crippen molar-refractivity contribution in [1.82, 2.24) is 0 Å². The van der Waals surface area contributed by atoms with E-state index in [0.717, 1.165) is 30.3 Å². The molecule has 3 atom stereocenters. The molecule has 26 heavy (non-hydrogen) atoms. The average Bonchev–Trinajstić information content (AvgIpc) is 2.67. The Kier molecular flexibility index (Phi) is 13.4. The van der Waals surface area contributed by atoms with E-state index in [0.29, 0.717) is 18.4 Å². The fourth-order valence-corrected chi connectivity index (χ4v) is 4.27. The van der Waals surface area contributed by atoms with E-state index in [4.69, 9.17) is 5.11 Å². The summed E-state index contributed by atoms with van der Waals surface area (Å²) >= 11 is 1.86. The molecular weight excluding hydrogens is 336 g/mol. The predicted octanol–water partition coefficient (Wildman–Crippen LogP) is 6.85. The Balaban J connectivity index is 2.26. The first kappa shape index (κ1) is 23.0. The van der Waals surface area contributed by atoms with E-state index in [1.807, 2.05) is 11.8 Å². The quantitative estimate of drug-likeness (QED) is 0.267. The minimum atomic E-state index is 0.295. The lowest BCUT2D eigenvalue weighted by Gasteiger charge is -2.17. The maximum atomic E-state index is 8.83. The predicted molar refractivity (Wildman–Crippen MR) is 119 cm³/mol. The topological polar surface area (TPSA) is 20.2 Å². The van der Waals surface area contributed by atoms with Gasteiger partial charge in [-0.1, -0.05) is 62.4 Å². The lowest BCUT2D eigenvalue weighted by molar-refractivity contribution is 0.322. The molecule has 0 spiro atoms. The Morgan fingerprint density at radius 1 is 1.12 bits per heavy atom. The molecule has 146 valence electrons. The van der Waals surface area contributed by atoms with Crippen LogP contribution < -0.4 is 0 Å². The third-order valence-electron chi connectivity index (χ3n) is 5.08. The van der Waals surface area contributed by atoms with Gasteiger partial charge in [-0.3, -0.25) is 0 Å². The number of hydrogen-bond acceptors (Lipinski definition) is 2. The third-order valence-corrected chi connectivity index (χ3v) is 6.08. The van der Waals surface area contributed by atoms with Crippen molar-refractivity contribution < 1.29 is 5.11 Å². The minimum Gasteiger partial charge on any atom is -0.396 e. The van der Waals surface area contributed by atoms with Gasteiger partial charge in [0.15, 0.2) is 0 Å². The fraction of sp³-hybridized carbons (Fsp3) is 0.583. The van der Waals surface area contributed by atoms with Crippen LogP contribution in [0, 0.1) is 11.8 Å². The van der Waals surface area contributed by atoms with Gasteiger partial charge in [0.2, 0.25) is 0 Å². The molecule has 1 aromatic carbocycles. The van der Waals surface area contributed by atoms with Crippen LogP contribution in [0.15, 0.2) is 55.1 Å². The van der Waals surface area contributed by atoms with Gasteiger partial charge in [-0.05, 0) is 67.6 Å². The molecule has 0 radical (unpaired) electrons. The van der Waals surface area contributed by atoms with E-state index in [1.54, 1.807) is 0 Å². The summed E-state index contributed by atoms with van der Waals surface area (Å²) in [7, 11) is 0. The summed E-state index contributed by atoms with van der Waals surface area (Å²) in [6, 6.07) is 10.9. The van der Waals surface area contributed by atoms with Crippen molar-refractivity contribution in [1.29, 1.82) is 0 Å². The molecule has 0 heterocycles. The summed E-state index contributed by atoms with van der Waals surface area (Å²) in [5.41, 5.74) is 1.46. The highest BCUT2D eigenvalue weighted by Gasteiger charge is 2.10. The van der Waals surface area contributed by atoms with Crippen molar-refractivity contribution in [3.63, 3.8) is 0 Å². The minimum absolute atomic E-state index is 0.295. The van der Waals surface area contributed by atoms with Crippen molar-refractivity contribution in [2.24, 2.45) is 11.8 Å². The number of aliphatic hydroxyl groups excluding tert-OH is 1. The lowest BCUT2D eigenvalue weighted by Crippen LogP contribution is -2.05. The Hall–Kier alpha value is -0.990. The van der Waals surface area contributed by atoms with Gasteiger partial charge in [-0.2, -0.15) is 11.8 Å². The molecule has 0 aliphatic carbocycles. The molecule has 0 aliphatic heterocycles. The molecule has 0 saturated carbocycles. The van der Waals surface area contributed by atoms with Crippen LogP contribution >= 0.6 is 11.8 Å². The van der Waals surface area contributed by atoms with Crippen LogP contribution in [0.4, 0.5) is 0 Å². The zero-order chi connectivity index (χ0) is 19.0. The lowest BCUT2D eigenvalue weighted by atomic mass is 9.90. The van der Waals surface area contributed by atoms with E-state index < -0.39 is 0 Å². The summed E-state index contributed by atoms with van der Waals surface area (Å²) in [5, 5.41) is 8.83. The van der Waals surface area contributed by atoms with Crippen LogP contribution in [0.1, 0.15) is 63.9 Å². The normalized spacial score (nSPS) is 15.0. The number of thioether (sulfide) groups is 1. The fourth-order valence-electron chi connectivity index (χ4n) is 3.37. The zero-order valence-electron chi connectivity index (χ0n) is 16.8. The molecule has 1 rings (SSSR count). The molecule has 1 nitrogen and oxygen atoms in total. The Morgan fingerprint density at radius 3 is 2.54 bits per heavy atom. The summed E-state index contributed by atoms with van der Waals surface area (Å²) in [4.78, 5) is 0. The maximum Gasteiger partial charge on any atom is 0.0521 e. The summed E-state index contributed by atoms with van der Waals surface area (Å²) in [6.45, 7) is 8.96. The van der Waals surface area contributed by atoms with Gasteiger partial charge in [0, 0.05) is 5.75 Å². The monoisotopic (exact) mass is 374 g/mol. The van der Waals surface area contributed by atoms with Gasteiger partial charge in [0.25, 0.3) is 0 Å². The van der Waals surface area contributed by atoms with Crippen LogP contribution in [-0.2, 0) is 0 Å². The second-order valence-electron chi connectivity index (χ2n) is 7.26. The molecular formula is C24H38OS. The van der Waals surface area contributed by atoms with E-state index in [1.165, 1.54) is 31.2 Å². The van der Waals surface area contributed by atoms with E-state index >= 15 is 0 Å². The highest BCUT2D eigenvalue weighted by atomic mass is 32.2. The average molecular weight is 375 g/mol. The smallest absolute Gasteiger partial charge is 0.0521 e. The molecule has 0 amide bonds. The van der Waals surface area contributed by atoms with E-state index in [9.17, 15) is 0 Å². The molecule has 2 heteroatoms. The zero-order valence-corrected chi connectivity index (χ0v) is 17.6. The maximum absolute atomic E-state index is 8.83. The number of benzene rings is 1. The number of hydrogen-bond donors (Lipinski definition) is 1. The number of rotatable bonds is 15. The van der Waals surface area contributed by atoms with Gasteiger partial charge in [-0.15, -0.1) is 6.58 Å². The van der Waals surface area contributed by atoms with Crippen molar-refractivity contribution in [3.8, 4) is 0 Å². The van der Waals surface area contributed by atoms with Crippen molar-refractivity contribution in [2.75, 3.05) is 18.1 Å². The van der Waals surface area contributed by atoms with E-state index in [-0.39, 0.29) is 0 Å². The van der Waals surface area contributed by atoms with E-state index in [2.05, 4.69) is 69.0 Å². The Morgan fingerprint density at radius 2 is 1.88 bits per heavy atom. The second-order valence-corrected chi connectivity index (χ2v) is 8.49. The highest BCUT2D eigenvalue weighted by molar-refractivity contribution is 7.99. The highest BCUT2D eigenvalue weighted by Crippen LogP contribution is 2.25. The van der Waals surface area contributed by atoms with Crippen LogP contribution in [-0.4, -0.2) is 23.2 Å².